The van der Waals surface area contributed by atoms with E-state index in [-0.39, 0.29) is 10.7 Å². The first kappa shape index (κ1) is 15.2. The fraction of sp³-hybridized carbons (Fsp3) is 0.417. The van der Waals surface area contributed by atoms with Crippen LogP contribution in [0.1, 0.15) is 13.3 Å². The van der Waals surface area contributed by atoms with E-state index in [0.29, 0.717) is 18.8 Å². The predicted octanol–water partition coefficient (Wildman–Crippen LogP) is 2.52. The third-order valence-electron chi connectivity index (χ3n) is 2.79. The minimum absolute atomic E-state index is 0.0270. The summed E-state index contributed by atoms with van der Waals surface area (Å²) in [6, 6.07) is 6.31. The van der Waals surface area contributed by atoms with E-state index in [1.54, 1.807) is 14.0 Å². The number of nitrogens with zero attached hydrogens (tertiary/aromatic N) is 2. The SMILES string of the molecule is CNC(C)(C#N)CCOc1ccc([N+](=O)[O-])c(Cl)c1. The average molecular weight is 284 g/mol. The van der Waals surface area contributed by atoms with Gasteiger partial charge in [-0.25, -0.2) is 0 Å². The van der Waals surface area contributed by atoms with Gasteiger partial charge in [0.25, 0.3) is 5.69 Å². The Balaban J connectivity index is 2.63. The van der Waals surface area contributed by atoms with E-state index in [0.717, 1.165) is 0 Å². The van der Waals surface area contributed by atoms with Crippen LogP contribution in [0.25, 0.3) is 0 Å². The molecule has 0 saturated heterocycles. The van der Waals surface area contributed by atoms with Crippen molar-refractivity contribution in [3.63, 3.8) is 0 Å². The number of hydrogen-bond acceptors (Lipinski definition) is 5. The minimum Gasteiger partial charge on any atom is -0.493 e. The molecule has 0 bridgehead atoms. The Kier molecular flexibility index (Phi) is 5.10. The van der Waals surface area contributed by atoms with Crippen molar-refractivity contribution in [2.75, 3.05) is 13.7 Å². The Morgan fingerprint density at radius 2 is 2.32 bits per heavy atom. The van der Waals surface area contributed by atoms with Gasteiger partial charge in [0.1, 0.15) is 16.3 Å². The van der Waals surface area contributed by atoms with Gasteiger partial charge in [-0.1, -0.05) is 11.6 Å². The van der Waals surface area contributed by atoms with Gasteiger partial charge < -0.3 is 10.1 Å². The fourth-order valence-corrected chi connectivity index (χ4v) is 1.57. The summed E-state index contributed by atoms with van der Waals surface area (Å²) in [7, 11) is 1.70. The smallest absolute Gasteiger partial charge is 0.288 e. The maximum absolute atomic E-state index is 10.6. The molecule has 1 N–H and O–H groups in total. The van der Waals surface area contributed by atoms with Crippen LogP contribution < -0.4 is 10.1 Å². The Hall–Kier alpha value is -1.84. The van der Waals surface area contributed by atoms with Crippen molar-refractivity contribution in [3.8, 4) is 11.8 Å². The van der Waals surface area contributed by atoms with Gasteiger partial charge in [0, 0.05) is 18.6 Å². The number of benzene rings is 1. The third-order valence-corrected chi connectivity index (χ3v) is 3.09. The van der Waals surface area contributed by atoms with Crippen LogP contribution in [0.5, 0.6) is 5.75 Å². The second kappa shape index (κ2) is 6.36. The molecule has 19 heavy (non-hydrogen) atoms. The summed E-state index contributed by atoms with van der Waals surface area (Å²) in [4.78, 5) is 10.0. The highest BCUT2D eigenvalue weighted by molar-refractivity contribution is 6.32. The number of nitro benzene ring substituents is 1. The monoisotopic (exact) mass is 283 g/mol. The highest BCUT2D eigenvalue weighted by Crippen LogP contribution is 2.28. The van der Waals surface area contributed by atoms with Crippen LogP contribution in [0, 0.1) is 21.4 Å². The number of nitriles is 1. The molecule has 0 radical (unpaired) electrons. The number of ether oxygens (including phenoxy) is 1. The predicted molar refractivity (Wildman–Crippen MR) is 71.3 cm³/mol. The van der Waals surface area contributed by atoms with E-state index in [2.05, 4.69) is 11.4 Å². The number of nitro groups is 1. The van der Waals surface area contributed by atoms with Gasteiger partial charge >= 0.3 is 0 Å². The third kappa shape index (κ3) is 4.09. The van der Waals surface area contributed by atoms with Crippen LogP contribution in [0.2, 0.25) is 5.02 Å². The summed E-state index contributed by atoms with van der Waals surface area (Å²) in [5.41, 5.74) is -0.823. The minimum atomic E-state index is -0.662. The van der Waals surface area contributed by atoms with Crippen molar-refractivity contribution in [1.82, 2.24) is 5.32 Å². The molecule has 1 aromatic rings. The van der Waals surface area contributed by atoms with Crippen LogP contribution in [0.4, 0.5) is 5.69 Å². The number of rotatable bonds is 6. The normalized spacial score (nSPS) is 13.4. The van der Waals surface area contributed by atoms with Crippen LogP contribution in [-0.4, -0.2) is 24.1 Å². The number of nitrogens with one attached hydrogen (secondary N) is 1. The molecule has 0 amide bonds. The van der Waals surface area contributed by atoms with E-state index in [1.807, 2.05) is 0 Å². The lowest BCUT2D eigenvalue weighted by Crippen LogP contribution is -2.39. The van der Waals surface area contributed by atoms with Crippen LogP contribution in [0.15, 0.2) is 18.2 Å². The van der Waals surface area contributed by atoms with Gasteiger partial charge in [-0.3, -0.25) is 10.1 Å². The van der Waals surface area contributed by atoms with Crippen molar-refractivity contribution in [3.05, 3.63) is 33.3 Å². The van der Waals surface area contributed by atoms with Crippen molar-refractivity contribution in [2.24, 2.45) is 0 Å². The van der Waals surface area contributed by atoms with E-state index >= 15 is 0 Å². The number of hydrogen-bond donors (Lipinski definition) is 1. The number of halogens is 1. The second-order valence-corrected chi connectivity index (χ2v) is 4.57. The summed E-state index contributed by atoms with van der Waals surface area (Å²) in [5, 5.41) is 22.5. The molecule has 102 valence electrons. The van der Waals surface area contributed by atoms with Crippen LogP contribution >= 0.6 is 11.6 Å². The zero-order valence-electron chi connectivity index (χ0n) is 10.6. The summed E-state index contributed by atoms with van der Waals surface area (Å²) < 4.78 is 5.42. The topological polar surface area (TPSA) is 88.2 Å². The Morgan fingerprint density at radius 1 is 1.63 bits per heavy atom. The Morgan fingerprint density at radius 3 is 2.79 bits per heavy atom. The standard InChI is InChI=1S/C12H14ClN3O3/c1-12(8-14,15-2)5-6-19-9-3-4-11(16(17)18)10(13)7-9/h3-4,7,15H,5-6H2,1-2H3. The zero-order chi connectivity index (χ0) is 14.5. The molecule has 0 aliphatic rings. The highest BCUT2D eigenvalue weighted by atomic mass is 35.5. The quantitative estimate of drug-likeness (QED) is 0.640. The average Bonchev–Trinajstić information content (AvgIpc) is 2.38. The molecule has 0 heterocycles. The van der Waals surface area contributed by atoms with Gasteiger partial charge in [0.05, 0.1) is 17.6 Å². The summed E-state index contributed by atoms with van der Waals surface area (Å²) in [6.45, 7) is 2.07. The molecule has 0 saturated carbocycles. The van der Waals surface area contributed by atoms with Crippen LogP contribution in [-0.2, 0) is 0 Å². The maximum Gasteiger partial charge on any atom is 0.288 e. The fourth-order valence-electron chi connectivity index (χ4n) is 1.34. The van der Waals surface area contributed by atoms with Gasteiger partial charge in [0.2, 0.25) is 0 Å². The molecule has 1 aromatic carbocycles. The van der Waals surface area contributed by atoms with Crippen molar-refractivity contribution in [1.29, 1.82) is 5.26 Å². The molecule has 0 aliphatic heterocycles. The molecule has 1 atom stereocenters. The lowest BCUT2D eigenvalue weighted by molar-refractivity contribution is -0.384. The largest absolute Gasteiger partial charge is 0.493 e. The van der Waals surface area contributed by atoms with Crippen molar-refractivity contribution in [2.45, 2.75) is 18.9 Å². The van der Waals surface area contributed by atoms with E-state index in [1.165, 1.54) is 18.2 Å². The van der Waals surface area contributed by atoms with Gasteiger partial charge in [-0.15, -0.1) is 0 Å². The molecule has 0 spiro atoms. The summed E-state index contributed by atoms with van der Waals surface area (Å²) >= 11 is 5.76. The second-order valence-electron chi connectivity index (χ2n) is 4.16. The summed E-state index contributed by atoms with van der Waals surface area (Å²) in [6.07, 6.45) is 0.481. The molecule has 6 nitrogen and oxygen atoms in total. The molecule has 1 rings (SSSR count). The lowest BCUT2D eigenvalue weighted by Gasteiger charge is -2.20. The van der Waals surface area contributed by atoms with E-state index in [4.69, 9.17) is 21.6 Å². The molecular formula is C12H14ClN3O3. The lowest BCUT2D eigenvalue weighted by atomic mass is 10.0. The zero-order valence-corrected chi connectivity index (χ0v) is 11.4. The molecular weight excluding hydrogens is 270 g/mol. The molecule has 7 heteroatoms. The van der Waals surface area contributed by atoms with E-state index < -0.39 is 10.5 Å². The van der Waals surface area contributed by atoms with E-state index in [9.17, 15) is 10.1 Å². The van der Waals surface area contributed by atoms with Crippen molar-refractivity contribution < 1.29 is 9.66 Å². The molecule has 0 aromatic heterocycles. The maximum atomic E-state index is 10.6. The molecule has 0 fully saturated rings. The summed E-state index contributed by atoms with van der Waals surface area (Å²) in [5.74, 6) is 0.437. The Bertz CT molecular complexity index is 515. The first-order chi connectivity index (χ1) is 8.91. The Labute approximate surface area is 116 Å². The van der Waals surface area contributed by atoms with Gasteiger partial charge in [-0.05, 0) is 20.0 Å². The van der Waals surface area contributed by atoms with Crippen LogP contribution in [0.3, 0.4) is 0 Å². The molecule has 1 unspecified atom stereocenters. The van der Waals surface area contributed by atoms with Gasteiger partial charge in [-0.2, -0.15) is 5.26 Å². The molecule has 0 aliphatic carbocycles. The van der Waals surface area contributed by atoms with Crippen molar-refractivity contribution >= 4 is 17.3 Å². The first-order valence-electron chi connectivity index (χ1n) is 5.59. The van der Waals surface area contributed by atoms with Gasteiger partial charge in [0.15, 0.2) is 0 Å². The first-order valence-corrected chi connectivity index (χ1v) is 5.96. The highest BCUT2D eigenvalue weighted by Gasteiger charge is 2.21.